The van der Waals surface area contributed by atoms with Gasteiger partial charge in [0.15, 0.2) is 0 Å². The van der Waals surface area contributed by atoms with Gasteiger partial charge in [-0.25, -0.2) is 0 Å². The van der Waals surface area contributed by atoms with Crippen molar-refractivity contribution < 1.29 is 4.84 Å². The van der Waals surface area contributed by atoms with Crippen LogP contribution in [0.25, 0.3) is 10.8 Å². The number of likely N-dealkylation sites (N-methyl/N-ethyl adjacent to an activating group) is 1. The van der Waals surface area contributed by atoms with Gasteiger partial charge in [0, 0.05) is 13.0 Å². The molecule has 1 heterocycles. The first kappa shape index (κ1) is 15.1. The van der Waals surface area contributed by atoms with Crippen molar-refractivity contribution in [2.24, 2.45) is 0 Å². The normalized spacial score (nSPS) is 24.9. The summed E-state index contributed by atoms with van der Waals surface area (Å²) < 4.78 is 0. The van der Waals surface area contributed by atoms with Gasteiger partial charge in [-0.3, -0.25) is 4.84 Å². The molecule has 1 saturated heterocycles. The van der Waals surface area contributed by atoms with Crippen molar-refractivity contribution in [1.29, 1.82) is 0 Å². The molecule has 0 N–H and O–H groups in total. The molecule has 1 aliphatic heterocycles. The third-order valence-electron chi connectivity index (χ3n) is 6.01. The zero-order chi connectivity index (χ0) is 17.3. The lowest BCUT2D eigenvalue weighted by atomic mass is 9.83. The standard InChI is InChI=1S/C23H23NO/c1-13-11-14(2)19(15(3)12-13)22-21-17-9-5-7-16-8-6-10-18(20(16)17)23(21)25-24(22)4/h5-12,21-23H,1-4H3/t21-,22+,23-/m0/s1. The summed E-state index contributed by atoms with van der Waals surface area (Å²) >= 11 is 0. The molecule has 0 aromatic heterocycles. The van der Waals surface area contributed by atoms with Gasteiger partial charge in [0.25, 0.3) is 0 Å². The van der Waals surface area contributed by atoms with Gasteiger partial charge in [0.05, 0.1) is 6.04 Å². The van der Waals surface area contributed by atoms with Crippen LogP contribution >= 0.6 is 0 Å². The van der Waals surface area contributed by atoms with E-state index in [2.05, 4.69) is 81.4 Å². The molecule has 25 heavy (non-hydrogen) atoms. The van der Waals surface area contributed by atoms with Crippen LogP contribution < -0.4 is 0 Å². The van der Waals surface area contributed by atoms with E-state index in [1.54, 1.807) is 0 Å². The number of rotatable bonds is 1. The molecule has 1 fully saturated rings. The average Bonchev–Trinajstić information content (AvgIpc) is 3.05. The third kappa shape index (κ3) is 1.98. The van der Waals surface area contributed by atoms with E-state index >= 15 is 0 Å². The van der Waals surface area contributed by atoms with Gasteiger partial charge in [-0.1, -0.05) is 54.1 Å². The lowest BCUT2D eigenvalue weighted by molar-refractivity contribution is -0.145. The number of nitrogens with zero attached hydrogens (tertiary/aromatic N) is 1. The minimum absolute atomic E-state index is 0.121. The highest BCUT2D eigenvalue weighted by Gasteiger charge is 2.49. The van der Waals surface area contributed by atoms with Gasteiger partial charge in [-0.2, -0.15) is 5.06 Å². The van der Waals surface area contributed by atoms with Gasteiger partial charge in [0.2, 0.25) is 0 Å². The Labute approximate surface area is 149 Å². The Morgan fingerprint density at radius 2 is 1.52 bits per heavy atom. The van der Waals surface area contributed by atoms with Gasteiger partial charge < -0.3 is 0 Å². The summed E-state index contributed by atoms with van der Waals surface area (Å²) in [5.41, 5.74) is 8.25. The molecule has 0 radical (unpaired) electrons. The van der Waals surface area contributed by atoms with Crippen molar-refractivity contribution in [3.63, 3.8) is 0 Å². The van der Waals surface area contributed by atoms with E-state index in [4.69, 9.17) is 4.84 Å². The monoisotopic (exact) mass is 329 g/mol. The van der Waals surface area contributed by atoms with E-state index in [1.165, 1.54) is 44.2 Å². The molecule has 126 valence electrons. The zero-order valence-corrected chi connectivity index (χ0v) is 15.2. The van der Waals surface area contributed by atoms with Crippen LogP contribution in [-0.2, 0) is 4.84 Å². The van der Waals surface area contributed by atoms with Gasteiger partial charge >= 0.3 is 0 Å². The highest BCUT2D eigenvalue weighted by Crippen LogP contribution is 2.59. The van der Waals surface area contributed by atoms with Crippen molar-refractivity contribution >= 4 is 10.8 Å². The molecular formula is C23H23NO. The van der Waals surface area contributed by atoms with Crippen LogP contribution in [0.3, 0.4) is 0 Å². The number of fused-ring (bicyclic) bond motifs is 3. The molecule has 2 heteroatoms. The molecule has 0 bridgehead atoms. The van der Waals surface area contributed by atoms with Crippen LogP contribution in [0, 0.1) is 20.8 Å². The van der Waals surface area contributed by atoms with Crippen LogP contribution in [0.1, 0.15) is 51.4 Å². The number of benzene rings is 3. The number of aryl methyl sites for hydroxylation is 3. The number of hydrogen-bond acceptors (Lipinski definition) is 2. The Kier molecular flexibility index (Phi) is 3.13. The van der Waals surface area contributed by atoms with Crippen molar-refractivity contribution in [1.82, 2.24) is 5.06 Å². The Morgan fingerprint density at radius 3 is 2.20 bits per heavy atom. The van der Waals surface area contributed by atoms with Crippen LogP contribution in [-0.4, -0.2) is 12.1 Å². The summed E-state index contributed by atoms with van der Waals surface area (Å²) in [7, 11) is 2.09. The molecule has 3 aromatic carbocycles. The summed E-state index contributed by atoms with van der Waals surface area (Å²) in [6.45, 7) is 6.64. The minimum atomic E-state index is 0.121. The summed E-state index contributed by atoms with van der Waals surface area (Å²) in [5.74, 6) is 0.353. The highest BCUT2D eigenvalue weighted by molar-refractivity contribution is 5.92. The molecule has 0 saturated carbocycles. The van der Waals surface area contributed by atoms with Gasteiger partial charge in [-0.15, -0.1) is 0 Å². The second kappa shape index (κ2) is 5.17. The first-order valence-electron chi connectivity index (χ1n) is 9.05. The van der Waals surface area contributed by atoms with Crippen LogP contribution in [0.15, 0.2) is 48.5 Å². The molecule has 5 rings (SSSR count). The maximum absolute atomic E-state index is 6.40. The Morgan fingerprint density at radius 1 is 0.880 bits per heavy atom. The van der Waals surface area contributed by atoms with E-state index < -0.39 is 0 Å². The summed E-state index contributed by atoms with van der Waals surface area (Å²) in [5, 5.41) is 4.82. The Hall–Kier alpha value is -2.16. The topological polar surface area (TPSA) is 12.5 Å². The number of hydroxylamine groups is 2. The lowest BCUT2D eigenvalue weighted by Gasteiger charge is -2.26. The van der Waals surface area contributed by atoms with Gasteiger partial charge in [-0.05, 0) is 59.4 Å². The zero-order valence-electron chi connectivity index (χ0n) is 15.2. The fourth-order valence-electron chi connectivity index (χ4n) is 5.22. The molecule has 1 aliphatic carbocycles. The van der Waals surface area contributed by atoms with Crippen molar-refractivity contribution in [2.45, 2.75) is 38.8 Å². The second-order valence-electron chi connectivity index (χ2n) is 7.65. The van der Waals surface area contributed by atoms with Crippen molar-refractivity contribution in [3.8, 4) is 0 Å². The Bertz CT molecular complexity index is 978. The number of hydrogen-bond donors (Lipinski definition) is 0. The van der Waals surface area contributed by atoms with Gasteiger partial charge in [0.1, 0.15) is 6.10 Å². The molecular weight excluding hydrogens is 306 g/mol. The smallest absolute Gasteiger partial charge is 0.114 e. The predicted octanol–water partition coefficient (Wildman–Crippen LogP) is 5.52. The fraction of sp³-hybridized carbons (Fsp3) is 0.304. The average molecular weight is 329 g/mol. The van der Waals surface area contributed by atoms with E-state index in [-0.39, 0.29) is 12.1 Å². The molecule has 2 nitrogen and oxygen atoms in total. The molecule has 0 spiro atoms. The summed E-state index contributed by atoms with van der Waals surface area (Å²) in [6.07, 6.45) is 0.121. The fourth-order valence-corrected chi connectivity index (χ4v) is 5.22. The first-order valence-corrected chi connectivity index (χ1v) is 9.05. The van der Waals surface area contributed by atoms with E-state index in [9.17, 15) is 0 Å². The largest absolute Gasteiger partial charge is 0.290 e. The lowest BCUT2D eigenvalue weighted by Crippen LogP contribution is -2.21. The van der Waals surface area contributed by atoms with Crippen LogP contribution in [0.4, 0.5) is 0 Å². The van der Waals surface area contributed by atoms with Crippen LogP contribution in [0.5, 0.6) is 0 Å². The first-order chi connectivity index (χ1) is 12.1. The van der Waals surface area contributed by atoms with Crippen molar-refractivity contribution in [2.75, 3.05) is 7.05 Å². The quantitative estimate of drug-likeness (QED) is 0.583. The summed E-state index contributed by atoms with van der Waals surface area (Å²) in [4.78, 5) is 6.40. The molecule has 0 amide bonds. The molecule has 3 atom stereocenters. The van der Waals surface area contributed by atoms with Crippen LogP contribution in [0.2, 0.25) is 0 Å². The molecule has 2 aliphatic rings. The van der Waals surface area contributed by atoms with E-state index in [0.717, 1.165) is 0 Å². The third-order valence-corrected chi connectivity index (χ3v) is 6.01. The highest BCUT2D eigenvalue weighted by atomic mass is 16.7. The van der Waals surface area contributed by atoms with E-state index in [0.29, 0.717) is 5.92 Å². The van der Waals surface area contributed by atoms with E-state index in [1.807, 2.05) is 0 Å². The summed E-state index contributed by atoms with van der Waals surface area (Å²) in [6, 6.07) is 18.2. The Balaban J connectivity index is 1.74. The predicted molar refractivity (Wildman–Crippen MR) is 102 cm³/mol. The second-order valence-corrected chi connectivity index (χ2v) is 7.65. The van der Waals surface area contributed by atoms with Crippen molar-refractivity contribution in [3.05, 3.63) is 81.9 Å². The maximum atomic E-state index is 6.40. The molecule has 3 aromatic rings. The maximum Gasteiger partial charge on any atom is 0.114 e. The molecule has 0 unspecified atom stereocenters. The SMILES string of the molecule is Cc1cc(C)c([C@@H]2[C@@H]3c4cccc5cccc(c45)[C@@H]3ON2C)c(C)c1. The minimum Gasteiger partial charge on any atom is -0.290 e.